The molecular weight excluding hydrogens is 384 g/mol. The summed E-state index contributed by atoms with van der Waals surface area (Å²) in [7, 11) is -3.72. The van der Waals surface area contributed by atoms with Gasteiger partial charge in [-0.25, -0.2) is 8.42 Å². The minimum Gasteiger partial charge on any atom is -0.369 e. The van der Waals surface area contributed by atoms with Crippen molar-refractivity contribution in [2.24, 2.45) is 11.7 Å². The van der Waals surface area contributed by atoms with Crippen molar-refractivity contribution >= 4 is 27.6 Å². The van der Waals surface area contributed by atoms with E-state index in [1.165, 1.54) is 21.8 Å². The number of carbonyl (C=O) groups excluding carboxylic acids is 3. The molecule has 2 saturated heterocycles. The maximum Gasteiger partial charge on any atom is 0.227 e. The zero-order valence-electron chi connectivity index (χ0n) is 15.5. The Morgan fingerprint density at radius 2 is 2.18 bits per heavy atom. The molecule has 1 aromatic heterocycles. The number of primary amides is 1. The van der Waals surface area contributed by atoms with Crippen molar-refractivity contribution in [1.29, 1.82) is 0 Å². The topological polar surface area (TPSA) is 131 Å². The summed E-state index contributed by atoms with van der Waals surface area (Å²) < 4.78 is 26.9. The van der Waals surface area contributed by atoms with Crippen molar-refractivity contribution in [1.82, 2.24) is 14.2 Å². The molecule has 151 valence electrons. The number of pyridine rings is 1. The number of hydrogen-bond donors (Lipinski definition) is 1. The van der Waals surface area contributed by atoms with Crippen molar-refractivity contribution < 1.29 is 22.8 Å². The average Bonchev–Trinajstić information content (AvgIpc) is 3.21. The van der Waals surface area contributed by atoms with Crippen LogP contribution in [0.3, 0.4) is 0 Å². The first-order valence-corrected chi connectivity index (χ1v) is 10.7. The third kappa shape index (κ3) is 4.07. The predicted octanol–water partition coefficient (Wildman–Crippen LogP) is -0.519. The van der Waals surface area contributed by atoms with Gasteiger partial charge in [-0.2, -0.15) is 4.31 Å². The summed E-state index contributed by atoms with van der Waals surface area (Å²) in [4.78, 5) is 41.5. The van der Waals surface area contributed by atoms with Crippen molar-refractivity contribution in [2.45, 2.75) is 37.6 Å². The van der Waals surface area contributed by atoms with Gasteiger partial charge in [0, 0.05) is 24.9 Å². The first-order valence-electron chi connectivity index (χ1n) is 9.05. The molecule has 1 radical (unpaired) electrons. The standard InChI is InChI=1S/C18H23N4O5S/c1-12(18(19)25)4-5-16(24)21-8-6-14-17(21)15(23)10-22(14)28(26,27)11-13-3-2-7-20-9-13/h2-3,5,7,9,12,14,17H,4,6,8,10-11H2,1H3,(H2,19,25). The van der Waals surface area contributed by atoms with Crippen LogP contribution in [0, 0.1) is 12.3 Å². The van der Waals surface area contributed by atoms with E-state index < -0.39 is 33.9 Å². The van der Waals surface area contributed by atoms with Gasteiger partial charge in [0.05, 0.1) is 24.8 Å². The molecular formula is C18H23N4O5S. The minimum absolute atomic E-state index is 0.180. The van der Waals surface area contributed by atoms with Gasteiger partial charge in [-0.1, -0.05) is 13.0 Å². The summed E-state index contributed by atoms with van der Waals surface area (Å²) in [5, 5.41) is 0. The van der Waals surface area contributed by atoms with Crippen LogP contribution in [0.2, 0.25) is 0 Å². The normalized spacial score (nSPS) is 23.6. The highest BCUT2D eigenvalue weighted by atomic mass is 32.2. The SMILES string of the molecule is CC(C[CH]C(=O)N1CCC2C1C(=O)CN2S(=O)(=O)Cc1cccnc1)C(N)=O. The maximum atomic E-state index is 12.8. The highest BCUT2D eigenvalue weighted by Crippen LogP contribution is 2.33. The van der Waals surface area contributed by atoms with Crippen molar-refractivity contribution in [3.05, 3.63) is 36.5 Å². The number of rotatable bonds is 7. The van der Waals surface area contributed by atoms with Crippen LogP contribution in [0.4, 0.5) is 0 Å². The van der Waals surface area contributed by atoms with E-state index in [2.05, 4.69) is 4.98 Å². The predicted molar refractivity (Wildman–Crippen MR) is 99.8 cm³/mol. The highest BCUT2D eigenvalue weighted by molar-refractivity contribution is 7.88. The van der Waals surface area contributed by atoms with Crippen LogP contribution in [0.1, 0.15) is 25.3 Å². The zero-order chi connectivity index (χ0) is 20.5. The molecule has 3 heterocycles. The molecule has 2 amide bonds. The van der Waals surface area contributed by atoms with Crippen LogP contribution in [-0.2, 0) is 30.2 Å². The summed E-state index contributed by atoms with van der Waals surface area (Å²) >= 11 is 0. The summed E-state index contributed by atoms with van der Waals surface area (Å²) in [6.45, 7) is 1.67. The van der Waals surface area contributed by atoms with Gasteiger partial charge in [0.2, 0.25) is 21.8 Å². The van der Waals surface area contributed by atoms with Crippen molar-refractivity contribution in [2.75, 3.05) is 13.1 Å². The summed E-state index contributed by atoms with van der Waals surface area (Å²) in [5.74, 6) is -1.90. The number of sulfonamides is 1. The molecule has 2 N–H and O–H groups in total. The van der Waals surface area contributed by atoms with Gasteiger partial charge in [-0.15, -0.1) is 0 Å². The lowest BCUT2D eigenvalue weighted by Crippen LogP contribution is -2.44. The lowest BCUT2D eigenvalue weighted by atomic mass is 10.0. The second-order valence-corrected chi connectivity index (χ2v) is 9.13. The van der Waals surface area contributed by atoms with Gasteiger partial charge in [-0.3, -0.25) is 19.4 Å². The van der Waals surface area contributed by atoms with Gasteiger partial charge in [0.15, 0.2) is 5.78 Å². The molecule has 3 unspecified atom stereocenters. The smallest absolute Gasteiger partial charge is 0.227 e. The molecule has 0 aliphatic carbocycles. The lowest BCUT2D eigenvalue weighted by Gasteiger charge is -2.24. The maximum absolute atomic E-state index is 12.8. The Balaban J connectivity index is 1.69. The van der Waals surface area contributed by atoms with Gasteiger partial charge >= 0.3 is 0 Å². The van der Waals surface area contributed by atoms with Gasteiger partial charge in [-0.05, 0) is 24.5 Å². The van der Waals surface area contributed by atoms with E-state index in [1.54, 1.807) is 25.3 Å². The van der Waals surface area contributed by atoms with E-state index in [-0.39, 0.29) is 30.4 Å². The molecule has 0 spiro atoms. The van der Waals surface area contributed by atoms with Crippen molar-refractivity contribution in [3.8, 4) is 0 Å². The molecule has 2 aliphatic heterocycles. The van der Waals surface area contributed by atoms with E-state index in [4.69, 9.17) is 5.73 Å². The van der Waals surface area contributed by atoms with Gasteiger partial charge in [0.25, 0.3) is 0 Å². The van der Waals surface area contributed by atoms with Gasteiger partial charge < -0.3 is 10.6 Å². The number of Topliss-reactive ketones (excluding diaryl/α,β-unsaturated/α-hetero) is 1. The molecule has 2 fully saturated rings. The Morgan fingerprint density at radius 3 is 2.82 bits per heavy atom. The number of nitrogens with zero attached hydrogens (tertiary/aromatic N) is 3. The Labute approximate surface area is 163 Å². The number of nitrogens with two attached hydrogens (primary N) is 1. The molecule has 3 rings (SSSR count). The van der Waals surface area contributed by atoms with E-state index >= 15 is 0 Å². The fraction of sp³-hybridized carbons (Fsp3) is 0.500. The van der Waals surface area contributed by atoms with Gasteiger partial charge in [0.1, 0.15) is 6.04 Å². The molecule has 28 heavy (non-hydrogen) atoms. The third-order valence-corrected chi connectivity index (χ3v) is 7.03. The molecule has 1 aromatic rings. The average molecular weight is 407 g/mol. The first-order chi connectivity index (χ1) is 13.2. The summed E-state index contributed by atoms with van der Waals surface area (Å²) in [5.41, 5.74) is 5.74. The Morgan fingerprint density at radius 1 is 1.43 bits per heavy atom. The first kappa shape index (κ1) is 20.4. The quantitative estimate of drug-likeness (QED) is 0.647. The summed E-state index contributed by atoms with van der Waals surface area (Å²) in [6.07, 6.45) is 4.96. The highest BCUT2D eigenvalue weighted by Gasteiger charge is 2.53. The Bertz CT molecular complexity index is 873. The second-order valence-electron chi connectivity index (χ2n) is 7.20. The number of amides is 2. The van der Waals surface area contributed by atoms with Crippen LogP contribution in [0.15, 0.2) is 24.5 Å². The fourth-order valence-corrected chi connectivity index (χ4v) is 5.39. The van der Waals surface area contributed by atoms with Crippen LogP contribution in [0.25, 0.3) is 0 Å². The number of ketones is 1. The second kappa shape index (κ2) is 7.96. The Hall–Kier alpha value is -2.33. The molecule has 10 heteroatoms. The van der Waals surface area contributed by atoms with Crippen LogP contribution >= 0.6 is 0 Å². The Kier molecular flexibility index (Phi) is 5.80. The molecule has 0 saturated carbocycles. The monoisotopic (exact) mass is 407 g/mol. The number of aromatic nitrogens is 1. The zero-order valence-corrected chi connectivity index (χ0v) is 16.3. The van der Waals surface area contributed by atoms with E-state index in [1.807, 2.05) is 0 Å². The largest absolute Gasteiger partial charge is 0.369 e. The molecule has 2 aliphatic rings. The summed E-state index contributed by atoms with van der Waals surface area (Å²) in [6, 6.07) is 1.98. The van der Waals surface area contributed by atoms with E-state index in [9.17, 15) is 22.8 Å². The minimum atomic E-state index is -3.72. The number of fused-ring (bicyclic) bond motifs is 1. The number of hydrogen-bond acceptors (Lipinski definition) is 6. The van der Waals surface area contributed by atoms with Crippen molar-refractivity contribution in [3.63, 3.8) is 0 Å². The molecule has 0 bridgehead atoms. The van der Waals surface area contributed by atoms with E-state index in [0.29, 0.717) is 18.5 Å². The molecule has 0 aromatic carbocycles. The number of likely N-dealkylation sites (tertiary alicyclic amines) is 1. The lowest BCUT2D eigenvalue weighted by molar-refractivity contribution is -0.133. The van der Waals surface area contributed by atoms with Crippen LogP contribution in [-0.4, -0.2) is 65.4 Å². The molecule has 9 nitrogen and oxygen atoms in total. The van der Waals surface area contributed by atoms with E-state index in [0.717, 1.165) is 0 Å². The molecule has 3 atom stereocenters. The van der Waals surface area contributed by atoms with Crippen LogP contribution in [0.5, 0.6) is 0 Å². The third-order valence-electron chi connectivity index (χ3n) is 5.22. The fourth-order valence-electron chi connectivity index (χ4n) is 3.67. The number of carbonyl (C=O) groups is 3. The van der Waals surface area contributed by atoms with Crippen LogP contribution < -0.4 is 5.73 Å².